The van der Waals surface area contributed by atoms with Crippen molar-refractivity contribution in [2.45, 2.75) is 32.5 Å². The van der Waals surface area contributed by atoms with E-state index in [0.29, 0.717) is 24.9 Å². The SMILES string of the molecule is CC[C@@H](Cc1ccc(C(F)(F)F)cc1)C(=O)NCc1ccnn1C. The number of halogens is 3. The van der Waals surface area contributed by atoms with Gasteiger partial charge in [0.2, 0.25) is 5.91 Å². The van der Waals surface area contributed by atoms with Crippen LogP contribution in [0.5, 0.6) is 0 Å². The van der Waals surface area contributed by atoms with Crippen molar-refractivity contribution in [2.24, 2.45) is 13.0 Å². The van der Waals surface area contributed by atoms with Crippen LogP contribution < -0.4 is 5.32 Å². The molecule has 0 unspecified atom stereocenters. The summed E-state index contributed by atoms with van der Waals surface area (Å²) in [5.74, 6) is -0.395. The summed E-state index contributed by atoms with van der Waals surface area (Å²) in [6.07, 6.45) is -1.67. The molecule has 0 saturated carbocycles. The molecular weight excluding hydrogens is 319 g/mol. The van der Waals surface area contributed by atoms with Crippen LogP contribution in [0.2, 0.25) is 0 Å². The van der Waals surface area contributed by atoms with Gasteiger partial charge in [0.25, 0.3) is 0 Å². The Balaban J connectivity index is 1.95. The molecule has 1 N–H and O–H groups in total. The molecule has 0 spiro atoms. The van der Waals surface area contributed by atoms with Crippen molar-refractivity contribution in [3.05, 3.63) is 53.3 Å². The number of carbonyl (C=O) groups is 1. The number of alkyl halides is 3. The van der Waals surface area contributed by atoms with Crippen LogP contribution in [0, 0.1) is 5.92 Å². The van der Waals surface area contributed by atoms with Crippen molar-refractivity contribution in [2.75, 3.05) is 0 Å². The molecule has 24 heavy (non-hydrogen) atoms. The number of nitrogens with one attached hydrogen (secondary N) is 1. The minimum atomic E-state index is -4.34. The molecule has 0 bridgehead atoms. The highest BCUT2D eigenvalue weighted by molar-refractivity contribution is 5.78. The maximum absolute atomic E-state index is 12.6. The van der Waals surface area contributed by atoms with E-state index in [1.165, 1.54) is 12.1 Å². The lowest BCUT2D eigenvalue weighted by Gasteiger charge is -2.16. The maximum atomic E-state index is 12.6. The molecule has 1 heterocycles. The molecule has 0 aliphatic carbocycles. The van der Waals surface area contributed by atoms with Gasteiger partial charge in [-0.2, -0.15) is 18.3 Å². The average Bonchev–Trinajstić information content (AvgIpc) is 2.95. The van der Waals surface area contributed by atoms with Crippen LogP contribution in [0.1, 0.15) is 30.2 Å². The Labute approximate surface area is 138 Å². The first-order chi connectivity index (χ1) is 11.3. The van der Waals surface area contributed by atoms with E-state index in [4.69, 9.17) is 0 Å². The minimum Gasteiger partial charge on any atom is -0.350 e. The summed E-state index contributed by atoms with van der Waals surface area (Å²) in [7, 11) is 1.79. The van der Waals surface area contributed by atoms with Crippen molar-refractivity contribution in [1.82, 2.24) is 15.1 Å². The van der Waals surface area contributed by atoms with E-state index < -0.39 is 11.7 Å². The van der Waals surface area contributed by atoms with Crippen LogP contribution in [0.15, 0.2) is 36.5 Å². The molecule has 0 aliphatic heterocycles. The zero-order chi connectivity index (χ0) is 17.7. The Morgan fingerprint density at radius 1 is 1.25 bits per heavy atom. The third-order valence-electron chi connectivity index (χ3n) is 3.99. The van der Waals surface area contributed by atoms with Gasteiger partial charge in [-0.1, -0.05) is 19.1 Å². The summed E-state index contributed by atoms with van der Waals surface area (Å²) in [5, 5.41) is 6.88. The fraction of sp³-hybridized carbons (Fsp3) is 0.412. The fourth-order valence-corrected chi connectivity index (χ4v) is 2.43. The normalized spacial score (nSPS) is 12.9. The van der Waals surface area contributed by atoms with E-state index in [1.54, 1.807) is 17.9 Å². The zero-order valence-corrected chi connectivity index (χ0v) is 13.6. The van der Waals surface area contributed by atoms with E-state index >= 15 is 0 Å². The van der Waals surface area contributed by atoms with Crippen LogP contribution >= 0.6 is 0 Å². The van der Waals surface area contributed by atoms with Gasteiger partial charge in [-0.3, -0.25) is 9.48 Å². The van der Waals surface area contributed by atoms with E-state index in [1.807, 2.05) is 13.0 Å². The molecule has 1 aromatic carbocycles. The molecule has 1 aromatic heterocycles. The fourth-order valence-electron chi connectivity index (χ4n) is 2.43. The summed E-state index contributed by atoms with van der Waals surface area (Å²) in [6, 6.07) is 6.78. The molecule has 0 saturated heterocycles. The summed E-state index contributed by atoms with van der Waals surface area (Å²) >= 11 is 0. The molecular formula is C17H20F3N3O. The van der Waals surface area contributed by atoms with E-state index in [2.05, 4.69) is 10.4 Å². The lowest BCUT2D eigenvalue weighted by Crippen LogP contribution is -2.31. The standard InChI is InChI=1S/C17H20F3N3O/c1-3-13(16(24)21-11-15-8-9-22-23(15)2)10-12-4-6-14(7-5-12)17(18,19)20/h4-9,13H,3,10-11H2,1-2H3,(H,21,24)/t13-/m0/s1. The molecule has 0 radical (unpaired) electrons. The number of nitrogens with zero attached hydrogens (tertiary/aromatic N) is 2. The lowest BCUT2D eigenvalue weighted by molar-refractivity contribution is -0.137. The van der Waals surface area contributed by atoms with Gasteiger partial charge in [0.1, 0.15) is 0 Å². The Hall–Kier alpha value is -2.31. The second-order valence-electron chi connectivity index (χ2n) is 5.67. The third-order valence-corrected chi connectivity index (χ3v) is 3.99. The van der Waals surface area contributed by atoms with Crippen molar-refractivity contribution in [1.29, 1.82) is 0 Å². The van der Waals surface area contributed by atoms with Gasteiger partial charge in [0, 0.05) is 19.2 Å². The quantitative estimate of drug-likeness (QED) is 0.877. The highest BCUT2D eigenvalue weighted by Gasteiger charge is 2.30. The molecule has 4 nitrogen and oxygen atoms in total. The van der Waals surface area contributed by atoms with Crippen molar-refractivity contribution in [3.8, 4) is 0 Å². The number of rotatable bonds is 6. The first-order valence-electron chi connectivity index (χ1n) is 7.72. The summed E-state index contributed by atoms with van der Waals surface area (Å²) in [5.41, 5.74) is 0.915. The van der Waals surface area contributed by atoms with Crippen LogP contribution in [0.3, 0.4) is 0 Å². The molecule has 130 valence electrons. The topological polar surface area (TPSA) is 46.9 Å². The summed E-state index contributed by atoms with van der Waals surface area (Å²) in [4.78, 5) is 12.3. The predicted molar refractivity (Wildman–Crippen MR) is 84.0 cm³/mol. The minimum absolute atomic E-state index is 0.112. The number of aryl methyl sites for hydroxylation is 1. The van der Waals surface area contributed by atoms with Crippen molar-refractivity contribution in [3.63, 3.8) is 0 Å². The molecule has 7 heteroatoms. The maximum Gasteiger partial charge on any atom is 0.416 e. The molecule has 1 atom stereocenters. The second kappa shape index (κ2) is 7.51. The zero-order valence-electron chi connectivity index (χ0n) is 13.6. The van der Waals surface area contributed by atoms with Crippen molar-refractivity contribution < 1.29 is 18.0 Å². The first-order valence-corrected chi connectivity index (χ1v) is 7.72. The smallest absolute Gasteiger partial charge is 0.350 e. The van der Waals surface area contributed by atoms with Gasteiger partial charge in [-0.25, -0.2) is 0 Å². The molecule has 0 aliphatic rings. The molecule has 2 aromatic rings. The van der Waals surface area contributed by atoms with Gasteiger partial charge in [0.15, 0.2) is 0 Å². The Morgan fingerprint density at radius 3 is 2.42 bits per heavy atom. The summed E-state index contributed by atoms with van der Waals surface area (Å²) < 4.78 is 39.4. The van der Waals surface area contributed by atoms with Crippen LogP contribution in [-0.4, -0.2) is 15.7 Å². The molecule has 2 rings (SSSR count). The lowest BCUT2D eigenvalue weighted by atomic mass is 9.95. The van der Waals surface area contributed by atoms with Gasteiger partial charge in [0.05, 0.1) is 17.8 Å². The largest absolute Gasteiger partial charge is 0.416 e. The second-order valence-corrected chi connectivity index (χ2v) is 5.67. The summed E-state index contributed by atoms with van der Waals surface area (Å²) in [6.45, 7) is 2.26. The van der Waals surface area contributed by atoms with Gasteiger partial charge in [-0.15, -0.1) is 0 Å². The number of benzene rings is 1. The van der Waals surface area contributed by atoms with Gasteiger partial charge < -0.3 is 5.32 Å². The Kier molecular flexibility index (Phi) is 5.64. The van der Waals surface area contributed by atoms with E-state index in [9.17, 15) is 18.0 Å². The molecule has 1 amide bonds. The number of hydrogen-bond acceptors (Lipinski definition) is 2. The van der Waals surface area contributed by atoms with E-state index in [0.717, 1.165) is 17.8 Å². The van der Waals surface area contributed by atoms with Crippen molar-refractivity contribution >= 4 is 5.91 Å². The Morgan fingerprint density at radius 2 is 1.92 bits per heavy atom. The van der Waals surface area contributed by atoms with Crippen LogP contribution in [0.25, 0.3) is 0 Å². The Bertz CT molecular complexity index is 677. The number of carbonyl (C=O) groups excluding carboxylic acids is 1. The first kappa shape index (κ1) is 18.0. The monoisotopic (exact) mass is 339 g/mol. The van der Waals surface area contributed by atoms with Gasteiger partial charge in [-0.05, 0) is 36.6 Å². The predicted octanol–water partition coefficient (Wildman–Crippen LogP) is 3.32. The highest BCUT2D eigenvalue weighted by Crippen LogP contribution is 2.29. The number of hydrogen-bond donors (Lipinski definition) is 1. The number of aromatic nitrogens is 2. The molecule has 0 fully saturated rings. The number of amides is 1. The van der Waals surface area contributed by atoms with Crippen LogP contribution in [-0.2, 0) is 31.0 Å². The van der Waals surface area contributed by atoms with Crippen LogP contribution in [0.4, 0.5) is 13.2 Å². The van der Waals surface area contributed by atoms with E-state index in [-0.39, 0.29) is 11.8 Å². The third kappa shape index (κ3) is 4.59. The highest BCUT2D eigenvalue weighted by atomic mass is 19.4. The average molecular weight is 339 g/mol. The van der Waals surface area contributed by atoms with Gasteiger partial charge >= 0.3 is 6.18 Å².